The highest BCUT2D eigenvalue weighted by atomic mass is 127. The van der Waals surface area contributed by atoms with Crippen molar-refractivity contribution in [1.82, 2.24) is 3.11 Å². The van der Waals surface area contributed by atoms with Crippen LogP contribution in [0.15, 0.2) is 0 Å². The lowest BCUT2D eigenvalue weighted by molar-refractivity contribution is 0.461. The van der Waals surface area contributed by atoms with Crippen molar-refractivity contribution in [2.24, 2.45) is 11.8 Å². The van der Waals surface area contributed by atoms with Crippen molar-refractivity contribution in [3.63, 3.8) is 0 Å². The number of halogens is 1. The Morgan fingerprint density at radius 1 is 0.923 bits per heavy atom. The maximum absolute atomic E-state index is 2.57. The molecular weight excluding hydrogens is 273 g/mol. The van der Waals surface area contributed by atoms with Crippen LogP contribution in [0.1, 0.15) is 46.0 Å². The van der Waals surface area contributed by atoms with Crippen LogP contribution in [-0.2, 0) is 0 Å². The molecule has 1 heterocycles. The molecule has 0 N–H and O–H groups in total. The number of hydrogen-bond donors (Lipinski definition) is 0. The lowest BCUT2D eigenvalue weighted by atomic mass is 9.95. The number of hydrogen-bond acceptors (Lipinski definition) is 1. The van der Waals surface area contributed by atoms with Crippen LogP contribution in [-0.4, -0.2) is 15.2 Å². The molecule has 76 valence electrons. The van der Waals surface area contributed by atoms with Crippen LogP contribution in [0.4, 0.5) is 0 Å². The van der Waals surface area contributed by atoms with Gasteiger partial charge in [-0.05, 0) is 24.7 Å². The van der Waals surface area contributed by atoms with E-state index in [1.165, 1.54) is 32.1 Å². The molecule has 1 nitrogen and oxygen atoms in total. The average Bonchev–Trinajstić information content (AvgIpc) is 2.73. The van der Waals surface area contributed by atoms with E-state index in [1.54, 1.807) is 0 Å². The first kappa shape index (κ1) is 10.2. The van der Waals surface area contributed by atoms with E-state index in [-0.39, 0.29) is 0 Å². The molecule has 4 unspecified atom stereocenters. The standard InChI is InChI=1S/C11H20IN/c1-8-6-4-3-5-7-9(2)11-10(8)13(11)12/h8-11H,3-7H2,1-2H3. The molecule has 0 aromatic rings. The minimum absolute atomic E-state index is 0.911. The van der Waals surface area contributed by atoms with Crippen molar-refractivity contribution in [1.29, 1.82) is 0 Å². The van der Waals surface area contributed by atoms with Crippen molar-refractivity contribution < 1.29 is 0 Å². The van der Waals surface area contributed by atoms with Gasteiger partial charge in [0.15, 0.2) is 0 Å². The first-order valence-corrected chi connectivity index (χ1v) is 6.62. The van der Waals surface area contributed by atoms with Gasteiger partial charge in [0.25, 0.3) is 0 Å². The Labute approximate surface area is 95.8 Å². The van der Waals surface area contributed by atoms with Gasteiger partial charge in [-0.3, -0.25) is 0 Å². The summed E-state index contributed by atoms with van der Waals surface area (Å²) in [5.74, 6) is 1.87. The molecule has 13 heavy (non-hydrogen) atoms. The Hall–Kier alpha value is 0.690. The third-order valence-corrected chi connectivity index (χ3v) is 5.10. The van der Waals surface area contributed by atoms with Crippen molar-refractivity contribution in [3.8, 4) is 0 Å². The van der Waals surface area contributed by atoms with Gasteiger partial charge < -0.3 is 0 Å². The molecule has 0 spiro atoms. The quantitative estimate of drug-likeness (QED) is 0.374. The van der Waals surface area contributed by atoms with Gasteiger partial charge in [0.2, 0.25) is 0 Å². The smallest absolute Gasteiger partial charge is 0.0390 e. The second-order valence-electron chi connectivity index (χ2n) is 4.92. The molecule has 4 atom stereocenters. The fourth-order valence-electron chi connectivity index (χ4n) is 2.85. The van der Waals surface area contributed by atoms with E-state index in [9.17, 15) is 0 Å². The fraction of sp³-hybridized carbons (Fsp3) is 1.00. The minimum Gasteiger partial charge on any atom is -0.238 e. The Morgan fingerprint density at radius 3 is 1.85 bits per heavy atom. The summed E-state index contributed by atoms with van der Waals surface area (Å²) in [6, 6.07) is 1.82. The number of rotatable bonds is 0. The Balaban J connectivity index is 1.99. The van der Waals surface area contributed by atoms with Crippen LogP contribution in [0.2, 0.25) is 0 Å². The van der Waals surface area contributed by atoms with E-state index >= 15 is 0 Å². The van der Waals surface area contributed by atoms with Crippen LogP contribution in [0.3, 0.4) is 0 Å². The van der Waals surface area contributed by atoms with Gasteiger partial charge in [0, 0.05) is 34.9 Å². The second-order valence-corrected chi connectivity index (χ2v) is 6.03. The average molecular weight is 293 g/mol. The van der Waals surface area contributed by atoms with Gasteiger partial charge in [-0.2, -0.15) is 0 Å². The largest absolute Gasteiger partial charge is 0.238 e. The van der Waals surface area contributed by atoms with Crippen molar-refractivity contribution in [2.45, 2.75) is 58.0 Å². The number of nitrogens with zero attached hydrogens (tertiary/aromatic N) is 1. The van der Waals surface area contributed by atoms with Gasteiger partial charge in [-0.25, -0.2) is 3.11 Å². The molecule has 0 aromatic carbocycles. The summed E-state index contributed by atoms with van der Waals surface area (Å²) in [4.78, 5) is 0. The molecule has 1 aliphatic heterocycles. The summed E-state index contributed by atoms with van der Waals surface area (Å²) in [6.45, 7) is 4.88. The summed E-state index contributed by atoms with van der Waals surface area (Å²) in [6.07, 6.45) is 7.29. The Morgan fingerprint density at radius 2 is 1.38 bits per heavy atom. The molecule has 2 fully saturated rings. The van der Waals surface area contributed by atoms with Crippen LogP contribution >= 0.6 is 22.9 Å². The van der Waals surface area contributed by atoms with Crippen LogP contribution in [0.25, 0.3) is 0 Å². The Kier molecular flexibility index (Phi) is 3.18. The molecule has 2 heteroatoms. The van der Waals surface area contributed by atoms with E-state index in [0.29, 0.717) is 0 Å². The molecule has 0 amide bonds. The lowest BCUT2D eigenvalue weighted by Crippen LogP contribution is -2.11. The summed E-state index contributed by atoms with van der Waals surface area (Å²) in [7, 11) is 0. The lowest BCUT2D eigenvalue weighted by Gasteiger charge is -2.07. The normalized spacial score (nSPS) is 51.5. The highest BCUT2D eigenvalue weighted by molar-refractivity contribution is 14.1. The number of fused-ring (bicyclic) bond motifs is 1. The van der Waals surface area contributed by atoms with E-state index in [4.69, 9.17) is 0 Å². The summed E-state index contributed by atoms with van der Waals surface area (Å²) in [5.41, 5.74) is 0. The second kappa shape index (κ2) is 4.05. The maximum Gasteiger partial charge on any atom is 0.0390 e. The van der Waals surface area contributed by atoms with E-state index in [1.807, 2.05) is 0 Å². The highest BCUT2D eigenvalue weighted by Crippen LogP contribution is 2.46. The van der Waals surface area contributed by atoms with Gasteiger partial charge in [-0.15, -0.1) is 0 Å². The zero-order valence-electron chi connectivity index (χ0n) is 8.67. The summed E-state index contributed by atoms with van der Waals surface area (Å²) >= 11 is 2.53. The van der Waals surface area contributed by atoms with Crippen LogP contribution in [0, 0.1) is 11.8 Å². The van der Waals surface area contributed by atoms with E-state index < -0.39 is 0 Å². The van der Waals surface area contributed by atoms with E-state index in [2.05, 4.69) is 39.8 Å². The monoisotopic (exact) mass is 293 g/mol. The third kappa shape index (κ3) is 2.04. The van der Waals surface area contributed by atoms with Gasteiger partial charge in [-0.1, -0.05) is 33.1 Å². The highest BCUT2D eigenvalue weighted by Gasteiger charge is 2.51. The van der Waals surface area contributed by atoms with E-state index in [0.717, 1.165) is 23.9 Å². The molecule has 2 aliphatic rings. The topological polar surface area (TPSA) is 3.01 Å². The molecular formula is C11H20IN. The van der Waals surface area contributed by atoms with Gasteiger partial charge >= 0.3 is 0 Å². The molecule has 0 radical (unpaired) electrons. The SMILES string of the molecule is CC1CCCCCC(C)C2C1N2I. The zero-order chi connectivity index (χ0) is 9.42. The van der Waals surface area contributed by atoms with Gasteiger partial charge in [0.05, 0.1) is 0 Å². The molecule has 1 saturated carbocycles. The molecule has 1 aliphatic carbocycles. The minimum atomic E-state index is 0.911. The van der Waals surface area contributed by atoms with Crippen molar-refractivity contribution in [3.05, 3.63) is 0 Å². The molecule has 2 rings (SSSR count). The van der Waals surface area contributed by atoms with Crippen molar-refractivity contribution in [2.75, 3.05) is 0 Å². The zero-order valence-corrected chi connectivity index (χ0v) is 10.8. The molecule has 1 saturated heterocycles. The summed E-state index contributed by atoms with van der Waals surface area (Å²) in [5, 5.41) is 0. The maximum atomic E-state index is 2.57. The third-order valence-electron chi connectivity index (χ3n) is 3.81. The van der Waals surface area contributed by atoms with Crippen molar-refractivity contribution >= 4 is 22.9 Å². The Bertz CT molecular complexity index is 165. The predicted octanol–water partition coefficient (Wildman–Crippen LogP) is 3.63. The first-order valence-electron chi connectivity index (χ1n) is 5.66. The van der Waals surface area contributed by atoms with Crippen LogP contribution in [0.5, 0.6) is 0 Å². The fourth-order valence-corrected chi connectivity index (χ4v) is 4.46. The first-order chi connectivity index (χ1) is 6.22. The predicted molar refractivity (Wildman–Crippen MR) is 64.8 cm³/mol. The molecule has 0 aromatic heterocycles. The molecule has 0 bridgehead atoms. The summed E-state index contributed by atoms with van der Waals surface area (Å²) < 4.78 is 2.57. The van der Waals surface area contributed by atoms with Crippen LogP contribution < -0.4 is 0 Å². The van der Waals surface area contributed by atoms with Gasteiger partial charge in [0.1, 0.15) is 0 Å².